The van der Waals surface area contributed by atoms with Crippen molar-refractivity contribution in [3.63, 3.8) is 0 Å². The van der Waals surface area contributed by atoms with E-state index < -0.39 is 17.9 Å². The normalized spacial score (nSPS) is 11.8. The minimum Gasteiger partial charge on any atom is -0.467 e. The number of methoxy groups -OCH3 is 1. The largest absolute Gasteiger partial charge is 0.467 e. The Bertz CT molecular complexity index is 1310. The van der Waals surface area contributed by atoms with Gasteiger partial charge < -0.3 is 20.4 Å². The number of fused-ring (bicyclic) bond motifs is 2. The van der Waals surface area contributed by atoms with Gasteiger partial charge in [0.2, 0.25) is 11.8 Å². The van der Waals surface area contributed by atoms with E-state index in [0.29, 0.717) is 0 Å². The summed E-state index contributed by atoms with van der Waals surface area (Å²) in [6, 6.07) is 20.5. The average molecular weight is 444 g/mol. The Balaban J connectivity index is 1.36. The van der Waals surface area contributed by atoms with Crippen LogP contribution in [0.25, 0.3) is 21.7 Å². The molecule has 4 rings (SSSR count). The fourth-order valence-electron chi connectivity index (χ4n) is 3.96. The third-order valence-corrected chi connectivity index (χ3v) is 5.60. The van der Waals surface area contributed by atoms with E-state index in [1.54, 1.807) is 0 Å². The number of rotatable bonds is 8. The van der Waals surface area contributed by atoms with Gasteiger partial charge in [0.25, 0.3) is 0 Å². The molecular weight excluding hydrogens is 418 g/mol. The van der Waals surface area contributed by atoms with E-state index in [1.807, 2.05) is 72.9 Å². The van der Waals surface area contributed by atoms with Gasteiger partial charge in [-0.2, -0.15) is 0 Å². The Morgan fingerprint density at radius 2 is 1.61 bits per heavy atom. The third-order valence-electron chi connectivity index (χ3n) is 5.60. The van der Waals surface area contributed by atoms with Crippen molar-refractivity contribution in [1.82, 2.24) is 15.6 Å². The Morgan fingerprint density at radius 3 is 2.42 bits per heavy atom. The summed E-state index contributed by atoms with van der Waals surface area (Å²) in [6.07, 6.45) is 2.25. The number of benzene rings is 3. The van der Waals surface area contributed by atoms with Crippen LogP contribution in [-0.2, 0) is 32.0 Å². The first-order chi connectivity index (χ1) is 16.0. The zero-order valence-corrected chi connectivity index (χ0v) is 18.3. The Kier molecular flexibility index (Phi) is 6.69. The van der Waals surface area contributed by atoms with Gasteiger partial charge in [-0.15, -0.1) is 0 Å². The highest BCUT2D eigenvalue weighted by Gasteiger charge is 2.23. The van der Waals surface area contributed by atoms with E-state index in [1.165, 1.54) is 7.11 Å². The lowest BCUT2D eigenvalue weighted by molar-refractivity contribution is -0.144. The molecule has 3 aromatic carbocycles. The van der Waals surface area contributed by atoms with Crippen molar-refractivity contribution < 1.29 is 19.1 Å². The van der Waals surface area contributed by atoms with Crippen molar-refractivity contribution in [2.75, 3.05) is 13.7 Å². The van der Waals surface area contributed by atoms with Gasteiger partial charge in [-0.1, -0.05) is 60.7 Å². The molecule has 1 unspecified atom stereocenters. The summed E-state index contributed by atoms with van der Waals surface area (Å²) in [7, 11) is 1.28. The maximum Gasteiger partial charge on any atom is 0.328 e. The van der Waals surface area contributed by atoms with Crippen LogP contribution in [0.4, 0.5) is 0 Å². The molecular formula is C26H25N3O4. The molecule has 1 heterocycles. The van der Waals surface area contributed by atoms with Crippen LogP contribution in [0.2, 0.25) is 0 Å². The van der Waals surface area contributed by atoms with Gasteiger partial charge in [-0.3, -0.25) is 9.59 Å². The second-order valence-electron chi connectivity index (χ2n) is 7.80. The second-order valence-corrected chi connectivity index (χ2v) is 7.80. The number of aromatic nitrogens is 1. The zero-order valence-electron chi connectivity index (χ0n) is 18.3. The second kappa shape index (κ2) is 9.99. The number of carbonyl (C=O) groups excluding carboxylic acids is 3. The maximum atomic E-state index is 12.5. The third kappa shape index (κ3) is 5.20. The summed E-state index contributed by atoms with van der Waals surface area (Å²) >= 11 is 0. The minimum absolute atomic E-state index is 0.157. The highest BCUT2D eigenvalue weighted by Crippen LogP contribution is 2.20. The molecule has 0 bridgehead atoms. The van der Waals surface area contributed by atoms with Crippen molar-refractivity contribution in [3.8, 4) is 0 Å². The van der Waals surface area contributed by atoms with E-state index in [2.05, 4.69) is 15.6 Å². The Hall–Kier alpha value is -4.13. The van der Waals surface area contributed by atoms with Crippen molar-refractivity contribution in [1.29, 1.82) is 0 Å². The van der Waals surface area contributed by atoms with E-state index in [0.717, 1.165) is 32.8 Å². The minimum atomic E-state index is -0.864. The summed E-state index contributed by atoms with van der Waals surface area (Å²) in [5.41, 5.74) is 2.72. The number of hydrogen-bond acceptors (Lipinski definition) is 4. The molecule has 0 fully saturated rings. The van der Waals surface area contributed by atoms with E-state index in [9.17, 15) is 14.4 Å². The van der Waals surface area contributed by atoms with Gasteiger partial charge >= 0.3 is 5.97 Å². The molecule has 1 aromatic heterocycles. The van der Waals surface area contributed by atoms with Gasteiger partial charge in [-0.05, 0) is 28.0 Å². The molecule has 7 nitrogen and oxygen atoms in total. The van der Waals surface area contributed by atoms with E-state index >= 15 is 0 Å². The predicted molar refractivity (Wildman–Crippen MR) is 127 cm³/mol. The van der Waals surface area contributed by atoms with Crippen LogP contribution in [0.3, 0.4) is 0 Å². The number of nitrogens with one attached hydrogen (secondary N) is 3. The van der Waals surface area contributed by atoms with Gasteiger partial charge in [0.05, 0.1) is 20.1 Å². The monoisotopic (exact) mass is 443 g/mol. The first-order valence-corrected chi connectivity index (χ1v) is 10.7. The van der Waals surface area contributed by atoms with Gasteiger partial charge in [0, 0.05) is 23.5 Å². The van der Waals surface area contributed by atoms with E-state index in [-0.39, 0.29) is 25.3 Å². The lowest BCUT2D eigenvalue weighted by Gasteiger charge is -2.16. The lowest BCUT2D eigenvalue weighted by Crippen LogP contribution is -2.47. The smallest absolute Gasteiger partial charge is 0.328 e. The first-order valence-electron chi connectivity index (χ1n) is 10.7. The van der Waals surface area contributed by atoms with Crippen LogP contribution in [-0.4, -0.2) is 42.5 Å². The molecule has 1 atom stereocenters. The van der Waals surface area contributed by atoms with Gasteiger partial charge in [0.15, 0.2) is 0 Å². The molecule has 7 heteroatoms. The molecule has 2 amide bonds. The summed E-state index contributed by atoms with van der Waals surface area (Å²) in [6.45, 7) is -0.231. The number of para-hydroxylation sites is 1. The Morgan fingerprint density at radius 1 is 0.879 bits per heavy atom. The molecule has 0 spiro atoms. The van der Waals surface area contributed by atoms with Crippen LogP contribution < -0.4 is 10.6 Å². The fraction of sp³-hybridized carbons (Fsp3) is 0.192. The van der Waals surface area contributed by atoms with Crippen molar-refractivity contribution in [3.05, 3.63) is 84.1 Å². The molecule has 0 saturated carbocycles. The van der Waals surface area contributed by atoms with Crippen LogP contribution >= 0.6 is 0 Å². The van der Waals surface area contributed by atoms with Crippen LogP contribution in [0.15, 0.2) is 72.9 Å². The molecule has 3 N–H and O–H groups in total. The highest BCUT2D eigenvalue weighted by atomic mass is 16.5. The number of aromatic amines is 1. The fourth-order valence-corrected chi connectivity index (χ4v) is 3.96. The summed E-state index contributed by atoms with van der Waals surface area (Å²) < 4.78 is 4.87. The standard InChI is InChI=1S/C26H25N3O4/c1-33-26(32)23(13-19-15-27-22-12-5-4-11-21(19)22)29-25(31)16-28-24(30)14-18-9-6-8-17-7-2-3-10-20(17)18/h2-12,15,23,27H,13-14,16H2,1H3,(H,28,30)(H,29,31). The summed E-state index contributed by atoms with van der Waals surface area (Å²) in [4.78, 5) is 40.4. The number of esters is 1. The number of amides is 2. The maximum absolute atomic E-state index is 12.5. The molecule has 33 heavy (non-hydrogen) atoms. The number of carbonyl (C=O) groups is 3. The number of H-pyrrole nitrogens is 1. The molecule has 0 aliphatic rings. The van der Waals surface area contributed by atoms with Crippen molar-refractivity contribution in [2.24, 2.45) is 0 Å². The summed E-state index contributed by atoms with van der Waals surface area (Å²) in [5, 5.41) is 8.35. The topological polar surface area (TPSA) is 100 Å². The van der Waals surface area contributed by atoms with Crippen LogP contribution in [0.1, 0.15) is 11.1 Å². The van der Waals surface area contributed by atoms with Crippen molar-refractivity contribution >= 4 is 39.5 Å². The Labute approximate surface area is 191 Å². The lowest BCUT2D eigenvalue weighted by atomic mass is 10.0. The number of hydrogen-bond donors (Lipinski definition) is 3. The number of ether oxygens (including phenoxy) is 1. The van der Waals surface area contributed by atoms with E-state index in [4.69, 9.17) is 4.74 Å². The van der Waals surface area contributed by atoms with Crippen LogP contribution in [0.5, 0.6) is 0 Å². The molecule has 0 saturated heterocycles. The SMILES string of the molecule is COC(=O)C(Cc1c[nH]c2ccccc12)NC(=O)CNC(=O)Cc1cccc2ccccc12. The van der Waals surface area contributed by atoms with Crippen molar-refractivity contribution in [2.45, 2.75) is 18.9 Å². The highest BCUT2D eigenvalue weighted by molar-refractivity contribution is 5.92. The average Bonchev–Trinajstić information content (AvgIpc) is 3.25. The predicted octanol–water partition coefficient (Wildman–Crippen LogP) is 2.88. The molecule has 0 radical (unpaired) electrons. The zero-order chi connectivity index (χ0) is 23.2. The molecule has 0 aliphatic heterocycles. The quantitative estimate of drug-likeness (QED) is 0.365. The van der Waals surface area contributed by atoms with Gasteiger partial charge in [0.1, 0.15) is 6.04 Å². The van der Waals surface area contributed by atoms with Crippen LogP contribution in [0, 0.1) is 0 Å². The van der Waals surface area contributed by atoms with Gasteiger partial charge in [-0.25, -0.2) is 4.79 Å². The molecule has 168 valence electrons. The summed E-state index contributed by atoms with van der Waals surface area (Å²) in [5.74, 6) is -1.28. The molecule has 0 aliphatic carbocycles. The first kappa shape index (κ1) is 22.1. The molecule has 4 aromatic rings.